The lowest BCUT2D eigenvalue weighted by Gasteiger charge is -2.32. The molecule has 3 aromatic carbocycles. The van der Waals surface area contributed by atoms with Crippen molar-refractivity contribution < 1.29 is 9.59 Å². The Morgan fingerprint density at radius 1 is 0.977 bits per heavy atom. The number of aromatic nitrogens is 6. The van der Waals surface area contributed by atoms with Gasteiger partial charge in [-0.05, 0) is 103 Å². The number of imide groups is 1. The van der Waals surface area contributed by atoms with Crippen LogP contribution in [-0.4, -0.2) is 54.6 Å². The van der Waals surface area contributed by atoms with E-state index in [1.165, 1.54) is 4.90 Å². The first-order chi connectivity index (χ1) is 20.9. The number of anilines is 1. The summed E-state index contributed by atoms with van der Waals surface area (Å²) in [6.45, 7) is 0.614. The van der Waals surface area contributed by atoms with Crippen LogP contribution in [0.4, 0.5) is 5.69 Å². The number of hydrogen-bond acceptors (Lipinski definition) is 8. The van der Waals surface area contributed by atoms with Gasteiger partial charge in [0.1, 0.15) is 0 Å². The first-order valence-electron chi connectivity index (χ1n) is 14.6. The van der Waals surface area contributed by atoms with E-state index in [1.807, 2.05) is 35.9 Å². The number of amides is 2. The molecule has 0 aliphatic heterocycles. The lowest BCUT2D eigenvalue weighted by atomic mass is 9.81. The minimum Gasteiger partial charge on any atom is -0.334 e. The minimum atomic E-state index is -0.906. The summed E-state index contributed by atoms with van der Waals surface area (Å²) in [5.74, 6) is -0.0625. The van der Waals surface area contributed by atoms with Gasteiger partial charge in [-0.2, -0.15) is 5.21 Å². The molecule has 11 heteroatoms. The normalized spacial score (nSPS) is 17.6. The molecule has 0 radical (unpaired) electrons. The summed E-state index contributed by atoms with van der Waals surface area (Å²) >= 11 is 0. The highest BCUT2D eigenvalue weighted by molar-refractivity contribution is 6.17. The number of H-pyrrole nitrogens is 1. The molecule has 1 aliphatic rings. The van der Waals surface area contributed by atoms with Crippen LogP contribution in [0.15, 0.2) is 73.1 Å². The van der Waals surface area contributed by atoms with E-state index in [0.29, 0.717) is 48.8 Å². The topological polar surface area (TPSA) is 162 Å². The number of aromatic amines is 1. The van der Waals surface area contributed by atoms with Crippen molar-refractivity contribution >= 4 is 28.5 Å². The Morgan fingerprint density at radius 2 is 1.67 bits per heavy atom. The van der Waals surface area contributed by atoms with Crippen molar-refractivity contribution in [3.8, 4) is 22.5 Å². The van der Waals surface area contributed by atoms with Crippen LogP contribution in [-0.2, 0) is 23.1 Å². The molecular weight excluding hydrogens is 542 g/mol. The van der Waals surface area contributed by atoms with Crippen molar-refractivity contribution in [1.82, 2.24) is 30.2 Å². The number of tetrazole rings is 1. The summed E-state index contributed by atoms with van der Waals surface area (Å²) in [7, 11) is 1.97. The van der Waals surface area contributed by atoms with Crippen molar-refractivity contribution in [2.24, 2.45) is 30.4 Å². The van der Waals surface area contributed by atoms with Gasteiger partial charge >= 0.3 is 0 Å². The van der Waals surface area contributed by atoms with Crippen LogP contribution in [0.1, 0.15) is 31.2 Å². The van der Waals surface area contributed by atoms with Crippen LogP contribution in [0, 0.1) is 11.8 Å². The largest absolute Gasteiger partial charge is 0.334 e. The van der Waals surface area contributed by atoms with Crippen LogP contribution in [0.25, 0.3) is 33.5 Å². The van der Waals surface area contributed by atoms with E-state index in [1.54, 1.807) is 30.6 Å². The van der Waals surface area contributed by atoms with E-state index in [-0.39, 0.29) is 11.8 Å². The van der Waals surface area contributed by atoms with Crippen molar-refractivity contribution in [3.05, 3.63) is 78.6 Å². The summed E-state index contributed by atoms with van der Waals surface area (Å²) in [4.78, 5) is 33.5. The number of carbonyl (C=O) groups excluding carboxylic acids is 2. The van der Waals surface area contributed by atoms with Crippen molar-refractivity contribution in [1.29, 1.82) is 0 Å². The zero-order valence-electron chi connectivity index (χ0n) is 24.1. The van der Waals surface area contributed by atoms with E-state index < -0.39 is 11.9 Å². The van der Waals surface area contributed by atoms with Gasteiger partial charge in [0.2, 0.25) is 11.7 Å². The molecule has 1 aliphatic carbocycles. The third-order valence-corrected chi connectivity index (χ3v) is 8.48. The second-order valence-corrected chi connectivity index (χ2v) is 11.3. The molecule has 5 N–H and O–H groups in total. The Bertz CT molecular complexity index is 1700. The first-order valence-corrected chi connectivity index (χ1v) is 14.6. The predicted octanol–water partition coefficient (Wildman–Crippen LogP) is 3.62. The number of fused-ring (bicyclic) bond motifs is 1. The molecule has 43 heavy (non-hydrogen) atoms. The summed E-state index contributed by atoms with van der Waals surface area (Å²) in [6, 6.07) is 20.3. The zero-order valence-corrected chi connectivity index (χ0v) is 24.1. The standard InChI is InChI=1S/C32H35N9O2/c1-40-19-35-28-17-25(12-15-29(28)40)22-6-2-20(3-7-22)16-27(34)32(43)41(31(42)24-8-4-21(18-33)5-9-24)26-13-10-23(11-14-26)30-36-38-39-37-30/h2-3,6-7,10-15,17,19,21,24,27H,4-5,8-9,16,18,33-34H2,1H3,(H,36,37,38,39)/t21?,24?,27-/m0/s1. The van der Waals surface area contributed by atoms with Crippen molar-refractivity contribution in [3.63, 3.8) is 0 Å². The number of nitrogens with zero attached hydrogens (tertiary/aromatic N) is 6. The van der Waals surface area contributed by atoms with Crippen molar-refractivity contribution in [2.75, 3.05) is 11.4 Å². The van der Waals surface area contributed by atoms with Gasteiger partial charge in [0, 0.05) is 18.5 Å². The molecule has 2 amide bonds. The smallest absolute Gasteiger partial charge is 0.251 e. The second kappa shape index (κ2) is 12.2. The van der Waals surface area contributed by atoms with E-state index >= 15 is 0 Å². The SMILES string of the molecule is Cn1cnc2cc(-c3ccc(C[C@H](N)C(=O)N(C(=O)C4CCC(CN)CC4)c4ccc(-c5nn[nH]n5)cc4)cc3)ccc21. The maximum Gasteiger partial charge on any atom is 0.251 e. The average Bonchev–Trinajstić information content (AvgIpc) is 3.72. The van der Waals surface area contributed by atoms with Gasteiger partial charge in [-0.1, -0.05) is 30.3 Å². The molecule has 220 valence electrons. The number of nitrogens with two attached hydrogens (primary N) is 2. The van der Waals surface area contributed by atoms with Gasteiger partial charge in [0.15, 0.2) is 0 Å². The van der Waals surface area contributed by atoms with E-state index in [2.05, 4.69) is 43.8 Å². The highest BCUT2D eigenvalue weighted by atomic mass is 16.2. The third kappa shape index (κ3) is 5.95. The fourth-order valence-corrected chi connectivity index (χ4v) is 5.89. The number of hydrogen-bond donors (Lipinski definition) is 3. The lowest BCUT2D eigenvalue weighted by molar-refractivity contribution is -0.130. The molecule has 1 atom stereocenters. The monoisotopic (exact) mass is 577 g/mol. The number of nitrogens with one attached hydrogen (secondary N) is 1. The second-order valence-electron chi connectivity index (χ2n) is 11.3. The molecule has 11 nitrogen and oxygen atoms in total. The van der Waals surface area contributed by atoms with E-state index in [4.69, 9.17) is 11.5 Å². The van der Waals surface area contributed by atoms with Crippen LogP contribution in [0.3, 0.4) is 0 Å². The number of aryl methyl sites for hydroxylation is 1. The number of benzene rings is 3. The fourth-order valence-electron chi connectivity index (χ4n) is 5.89. The Kier molecular flexibility index (Phi) is 8.08. The number of carbonyl (C=O) groups is 2. The Labute approximate surface area is 249 Å². The molecule has 2 heterocycles. The Morgan fingerprint density at radius 3 is 2.35 bits per heavy atom. The van der Waals surface area contributed by atoms with Gasteiger partial charge in [0.25, 0.3) is 5.91 Å². The average molecular weight is 578 g/mol. The maximum absolute atomic E-state index is 13.9. The molecule has 2 aromatic heterocycles. The van der Waals surface area contributed by atoms with E-state index in [9.17, 15) is 9.59 Å². The van der Waals surface area contributed by atoms with E-state index in [0.717, 1.165) is 40.6 Å². The van der Waals surface area contributed by atoms with Crippen molar-refractivity contribution in [2.45, 2.75) is 38.1 Å². The molecule has 5 aromatic rings. The van der Waals surface area contributed by atoms with Crippen LogP contribution < -0.4 is 16.4 Å². The van der Waals surface area contributed by atoms with Gasteiger partial charge in [-0.25, -0.2) is 9.88 Å². The molecule has 0 bridgehead atoms. The third-order valence-electron chi connectivity index (χ3n) is 8.48. The summed E-state index contributed by atoms with van der Waals surface area (Å²) in [6.07, 6.45) is 5.24. The first kappa shape index (κ1) is 28.4. The van der Waals surface area contributed by atoms with Gasteiger partial charge in [-0.3, -0.25) is 9.59 Å². The Balaban J connectivity index is 1.21. The molecule has 0 unspecified atom stereocenters. The van der Waals surface area contributed by atoms with Gasteiger partial charge in [0.05, 0.1) is 29.1 Å². The maximum atomic E-state index is 13.9. The van der Waals surface area contributed by atoms with Crippen LogP contribution in [0.2, 0.25) is 0 Å². The molecular formula is C32H35N9O2. The summed E-state index contributed by atoms with van der Waals surface area (Å²) in [5, 5.41) is 14.0. The molecule has 1 saturated carbocycles. The zero-order chi connectivity index (χ0) is 29.9. The molecule has 0 saturated heterocycles. The highest BCUT2D eigenvalue weighted by Gasteiger charge is 2.35. The molecule has 1 fully saturated rings. The number of rotatable bonds is 8. The summed E-state index contributed by atoms with van der Waals surface area (Å²) < 4.78 is 1.99. The Hall–Kier alpha value is -4.74. The quantitative estimate of drug-likeness (QED) is 0.252. The van der Waals surface area contributed by atoms with Crippen LogP contribution in [0.5, 0.6) is 0 Å². The number of imidazole rings is 1. The predicted molar refractivity (Wildman–Crippen MR) is 164 cm³/mol. The van der Waals surface area contributed by atoms with Gasteiger partial charge in [-0.15, -0.1) is 10.2 Å². The minimum absolute atomic E-state index is 0.219. The lowest BCUT2D eigenvalue weighted by Crippen LogP contribution is -2.50. The highest BCUT2D eigenvalue weighted by Crippen LogP contribution is 2.32. The van der Waals surface area contributed by atoms with Crippen LogP contribution >= 0.6 is 0 Å². The molecule has 6 rings (SSSR count). The summed E-state index contributed by atoms with van der Waals surface area (Å²) in [5.41, 5.74) is 18.6. The van der Waals surface area contributed by atoms with Gasteiger partial charge < -0.3 is 16.0 Å². The fraction of sp³-hybridized carbons (Fsp3) is 0.312. The molecule has 0 spiro atoms.